The Bertz CT molecular complexity index is 1590. The molecule has 1 aliphatic heterocycles. The summed E-state index contributed by atoms with van der Waals surface area (Å²) in [4.78, 5) is 35.3. The van der Waals surface area contributed by atoms with E-state index in [9.17, 15) is 22.8 Å². The van der Waals surface area contributed by atoms with Crippen LogP contribution in [0.1, 0.15) is 27.2 Å². The number of aryl methyl sites for hydroxylation is 1. The van der Waals surface area contributed by atoms with E-state index in [4.69, 9.17) is 5.26 Å². The molecule has 4 rings (SSSR count). The lowest BCUT2D eigenvalue weighted by Gasteiger charge is -2.33. The fourth-order valence-corrected chi connectivity index (χ4v) is 4.47. The zero-order chi connectivity index (χ0) is 29.9. The summed E-state index contributed by atoms with van der Waals surface area (Å²) in [6.45, 7) is 6.25. The second-order valence-corrected chi connectivity index (χ2v) is 9.09. The predicted octanol–water partition coefficient (Wildman–Crippen LogP) is 2.78. The molecule has 0 spiro atoms. The fraction of sp³-hybridized carbons (Fsp3) is 0.308. The maximum Gasteiger partial charge on any atom is 0.435 e. The number of nitriles is 1. The molecule has 0 unspecified atom stereocenters. The van der Waals surface area contributed by atoms with Crippen molar-refractivity contribution in [1.82, 2.24) is 29.1 Å². The second kappa shape index (κ2) is 11.6. The molecule has 1 N–H and O–H groups in total. The quantitative estimate of drug-likeness (QED) is 0.344. The highest BCUT2D eigenvalue weighted by Gasteiger charge is 2.38. The van der Waals surface area contributed by atoms with Gasteiger partial charge < -0.3 is 15.1 Å². The highest BCUT2D eigenvalue weighted by molar-refractivity contribution is 5.96. The SMILES string of the molecule is C=C(c1cn(CC#N)nc1C(F)(F)F)n1ccnc(Nc2cc(C)c(C(=O)N3CCN(C=O)CC3)c(F)c2)c1=NC. The summed E-state index contributed by atoms with van der Waals surface area (Å²) in [5.74, 6) is -1.19. The second-order valence-electron chi connectivity index (χ2n) is 9.09. The van der Waals surface area contributed by atoms with Gasteiger partial charge in [0.25, 0.3) is 5.91 Å². The molecule has 0 aliphatic carbocycles. The van der Waals surface area contributed by atoms with Crippen molar-refractivity contribution >= 4 is 29.5 Å². The third kappa shape index (κ3) is 5.96. The molecule has 15 heteroatoms. The van der Waals surface area contributed by atoms with Gasteiger partial charge >= 0.3 is 6.18 Å². The first kappa shape index (κ1) is 29.0. The Hall–Kier alpha value is -5.00. The van der Waals surface area contributed by atoms with Gasteiger partial charge in [-0.25, -0.2) is 9.37 Å². The summed E-state index contributed by atoms with van der Waals surface area (Å²) < 4.78 is 58.5. The van der Waals surface area contributed by atoms with E-state index in [2.05, 4.69) is 27.0 Å². The molecule has 41 heavy (non-hydrogen) atoms. The van der Waals surface area contributed by atoms with Gasteiger partial charge in [0.15, 0.2) is 17.0 Å². The number of amides is 2. The van der Waals surface area contributed by atoms with E-state index >= 15 is 4.39 Å². The molecule has 2 amide bonds. The van der Waals surface area contributed by atoms with E-state index in [0.29, 0.717) is 25.1 Å². The topological polar surface area (TPSA) is 124 Å². The van der Waals surface area contributed by atoms with Crippen LogP contribution in [0.4, 0.5) is 29.1 Å². The number of hydrogen-bond donors (Lipinski definition) is 1. The average Bonchev–Trinajstić information content (AvgIpc) is 3.37. The zero-order valence-corrected chi connectivity index (χ0v) is 22.1. The largest absolute Gasteiger partial charge is 0.435 e. The molecule has 0 bridgehead atoms. The minimum Gasteiger partial charge on any atom is -0.342 e. The monoisotopic (exact) mass is 571 g/mol. The molecular weight excluding hydrogens is 546 g/mol. The van der Waals surface area contributed by atoms with Crippen LogP contribution in [-0.2, 0) is 17.5 Å². The van der Waals surface area contributed by atoms with Crippen molar-refractivity contribution in [2.24, 2.45) is 4.99 Å². The molecular formula is C26H25F4N9O2. The van der Waals surface area contributed by atoms with Crippen molar-refractivity contribution in [2.75, 3.05) is 38.5 Å². The lowest BCUT2D eigenvalue weighted by molar-refractivity contribution is -0.141. The van der Waals surface area contributed by atoms with Crippen LogP contribution in [0.5, 0.6) is 0 Å². The summed E-state index contributed by atoms with van der Waals surface area (Å²) in [5.41, 5.74) is -1.17. The van der Waals surface area contributed by atoms with E-state index in [-0.39, 0.29) is 46.9 Å². The van der Waals surface area contributed by atoms with Gasteiger partial charge in [-0.1, -0.05) is 6.58 Å². The predicted molar refractivity (Wildman–Crippen MR) is 139 cm³/mol. The zero-order valence-electron chi connectivity index (χ0n) is 22.1. The van der Waals surface area contributed by atoms with Gasteiger partial charge in [0.05, 0.1) is 17.3 Å². The van der Waals surface area contributed by atoms with Crippen molar-refractivity contribution in [1.29, 1.82) is 5.26 Å². The standard InChI is InChI=1S/C26H25F4N9O2/c1-16-12-18(13-20(27)21(16)25(41)37-10-8-36(15-40)9-11-37)34-23-24(32-3)39(7-5-33-23)17(2)19-14-38(6-4-31)35-22(19)26(28,29)30/h5,7,12-15H,2,6,8-11H2,1,3H3,(H,33,34). The summed E-state index contributed by atoms with van der Waals surface area (Å²) in [7, 11) is 1.40. The van der Waals surface area contributed by atoms with Gasteiger partial charge in [-0.05, 0) is 24.6 Å². The number of nitrogens with one attached hydrogen (secondary N) is 1. The number of nitrogens with zero attached hydrogens (tertiary/aromatic N) is 8. The third-order valence-electron chi connectivity index (χ3n) is 6.45. The normalized spacial score (nSPS) is 14.1. The number of anilines is 2. The summed E-state index contributed by atoms with van der Waals surface area (Å²) in [5, 5.41) is 15.3. The molecule has 0 atom stereocenters. The first-order valence-electron chi connectivity index (χ1n) is 12.3. The van der Waals surface area contributed by atoms with E-state index in [1.807, 2.05) is 0 Å². The Morgan fingerprint density at radius 2 is 1.98 bits per heavy atom. The molecule has 3 heterocycles. The minimum absolute atomic E-state index is 0.0740. The van der Waals surface area contributed by atoms with E-state index in [0.717, 1.165) is 16.9 Å². The molecule has 1 fully saturated rings. The number of halogens is 4. The van der Waals surface area contributed by atoms with Gasteiger partial charge in [0.1, 0.15) is 12.4 Å². The lowest BCUT2D eigenvalue weighted by atomic mass is 10.0. The van der Waals surface area contributed by atoms with Crippen molar-refractivity contribution in [2.45, 2.75) is 19.6 Å². The van der Waals surface area contributed by atoms with Gasteiger partial charge in [-0.3, -0.25) is 23.8 Å². The van der Waals surface area contributed by atoms with Crippen LogP contribution in [0.25, 0.3) is 5.70 Å². The Labute approximate surface area is 231 Å². The Morgan fingerprint density at radius 3 is 2.56 bits per heavy atom. The first-order chi connectivity index (χ1) is 19.5. The molecule has 2 aromatic heterocycles. The Kier molecular flexibility index (Phi) is 8.22. The van der Waals surface area contributed by atoms with Gasteiger partial charge in [-0.15, -0.1) is 0 Å². The number of piperazine rings is 1. The number of alkyl halides is 3. The number of carbonyl (C=O) groups is 2. The fourth-order valence-electron chi connectivity index (χ4n) is 4.47. The number of rotatable bonds is 7. The summed E-state index contributed by atoms with van der Waals surface area (Å²) >= 11 is 0. The number of benzene rings is 1. The van der Waals surface area contributed by atoms with Gasteiger partial charge in [0, 0.05) is 63.1 Å². The molecule has 3 aromatic rings. The van der Waals surface area contributed by atoms with Crippen molar-refractivity contribution in [3.63, 3.8) is 0 Å². The highest BCUT2D eigenvalue weighted by atomic mass is 19.4. The molecule has 0 saturated carbocycles. The molecule has 1 aliphatic rings. The molecule has 214 valence electrons. The third-order valence-corrected chi connectivity index (χ3v) is 6.45. The van der Waals surface area contributed by atoms with Crippen LogP contribution < -0.4 is 10.8 Å². The average molecular weight is 572 g/mol. The molecule has 11 nitrogen and oxygen atoms in total. The minimum atomic E-state index is -4.81. The lowest BCUT2D eigenvalue weighted by Crippen LogP contribution is -2.48. The summed E-state index contributed by atoms with van der Waals surface area (Å²) in [6, 6.07) is 4.40. The van der Waals surface area contributed by atoms with Crippen LogP contribution >= 0.6 is 0 Å². The van der Waals surface area contributed by atoms with Crippen LogP contribution in [0.15, 0.2) is 42.3 Å². The van der Waals surface area contributed by atoms with E-state index in [1.165, 1.54) is 33.8 Å². The number of aromatic nitrogens is 4. The van der Waals surface area contributed by atoms with E-state index in [1.54, 1.807) is 19.1 Å². The van der Waals surface area contributed by atoms with Crippen molar-refractivity contribution in [3.05, 3.63) is 71.0 Å². The van der Waals surface area contributed by atoms with Crippen molar-refractivity contribution < 1.29 is 27.2 Å². The van der Waals surface area contributed by atoms with E-state index < -0.39 is 30.1 Å². The number of carbonyl (C=O) groups excluding carboxylic acids is 2. The van der Waals surface area contributed by atoms with Gasteiger partial charge in [-0.2, -0.15) is 23.5 Å². The van der Waals surface area contributed by atoms with Crippen LogP contribution in [0.2, 0.25) is 0 Å². The smallest absolute Gasteiger partial charge is 0.342 e. The van der Waals surface area contributed by atoms with Crippen LogP contribution in [-0.4, -0.2) is 74.7 Å². The first-order valence-corrected chi connectivity index (χ1v) is 12.3. The molecule has 0 radical (unpaired) electrons. The maximum atomic E-state index is 15.2. The van der Waals surface area contributed by atoms with Gasteiger partial charge in [0.2, 0.25) is 6.41 Å². The van der Waals surface area contributed by atoms with Crippen LogP contribution in [0, 0.1) is 24.1 Å². The van der Waals surface area contributed by atoms with Crippen molar-refractivity contribution in [3.8, 4) is 6.07 Å². The van der Waals surface area contributed by atoms with Crippen LogP contribution in [0.3, 0.4) is 0 Å². The molecule has 1 saturated heterocycles. The summed E-state index contributed by atoms with van der Waals surface area (Å²) in [6.07, 6.45) is -0.376. The Morgan fingerprint density at radius 1 is 1.27 bits per heavy atom. The molecule has 1 aromatic carbocycles. The number of hydrogen-bond acceptors (Lipinski definition) is 7. The maximum absolute atomic E-state index is 15.2. The highest BCUT2D eigenvalue weighted by Crippen LogP contribution is 2.34. The Balaban J connectivity index is 1.65.